The van der Waals surface area contributed by atoms with Crippen molar-refractivity contribution in [3.63, 3.8) is 0 Å². The third-order valence-corrected chi connectivity index (χ3v) is 8.09. The van der Waals surface area contributed by atoms with Crippen LogP contribution in [-0.4, -0.2) is 33.8 Å². The standard InChI is InChI=1S/C32H23ClN4O6S/c33-26-9-5-4-8-21(26)18-27(35-30(39)20-6-2-1-3-7-20)31(40)34-22-10-16-25(17-11-22)44-28-19-29(38)36(32(28)41)23-12-14-24(15-13-23)37(42)43/h1-18,28H,19H2,(H,34,40)(H,35,39)/b27-18-. The highest BCUT2D eigenvalue weighted by atomic mass is 35.5. The van der Waals surface area contributed by atoms with Crippen LogP contribution in [0.1, 0.15) is 22.3 Å². The zero-order chi connectivity index (χ0) is 31.2. The Labute approximate surface area is 260 Å². The summed E-state index contributed by atoms with van der Waals surface area (Å²) in [6.45, 7) is 0. The highest BCUT2D eigenvalue weighted by Crippen LogP contribution is 2.35. The summed E-state index contributed by atoms with van der Waals surface area (Å²) < 4.78 is 0. The summed E-state index contributed by atoms with van der Waals surface area (Å²) in [6.07, 6.45) is 1.46. The van der Waals surface area contributed by atoms with Crippen molar-refractivity contribution in [1.82, 2.24) is 5.32 Å². The number of nitro benzene ring substituents is 1. The highest BCUT2D eigenvalue weighted by Gasteiger charge is 2.40. The molecule has 0 radical (unpaired) electrons. The number of non-ortho nitro benzene ring substituents is 1. The molecule has 10 nitrogen and oxygen atoms in total. The van der Waals surface area contributed by atoms with E-state index >= 15 is 0 Å². The summed E-state index contributed by atoms with van der Waals surface area (Å²) >= 11 is 7.49. The lowest BCUT2D eigenvalue weighted by molar-refractivity contribution is -0.384. The van der Waals surface area contributed by atoms with Crippen LogP contribution in [0.15, 0.2) is 114 Å². The maximum absolute atomic E-state index is 13.3. The van der Waals surface area contributed by atoms with E-state index in [1.807, 2.05) is 0 Å². The van der Waals surface area contributed by atoms with E-state index < -0.39 is 33.8 Å². The van der Waals surface area contributed by atoms with Gasteiger partial charge in [0.2, 0.25) is 11.8 Å². The van der Waals surface area contributed by atoms with Crippen molar-refractivity contribution in [3.05, 3.63) is 135 Å². The SMILES string of the molecule is O=C(Nc1ccc(SC2CC(=O)N(c3ccc([N+](=O)[O-])cc3)C2=O)cc1)/C(=C/c1ccccc1Cl)NC(=O)c1ccccc1. The summed E-state index contributed by atoms with van der Waals surface area (Å²) in [6, 6.07) is 27.3. The maximum Gasteiger partial charge on any atom is 0.272 e. The van der Waals surface area contributed by atoms with Gasteiger partial charge in [-0.1, -0.05) is 48.0 Å². The number of nitrogens with one attached hydrogen (secondary N) is 2. The van der Waals surface area contributed by atoms with Crippen LogP contribution >= 0.6 is 23.4 Å². The van der Waals surface area contributed by atoms with Gasteiger partial charge in [0.1, 0.15) is 5.70 Å². The Morgan fingerprint density at radius 1 is 0.909 bits per heavy atom. The average molecular weight is 627 g/mol. The van der Waals surface area contributed by atoms with Crippen LogP contribution in [0.2, 0.25) is 5.02 Å². The fourth-order valence-electron chi connectivity index (χ4n) is 4.36. The van der Waals surface area contributed by atoms with E-state index in [1.165, 1.54) is 42.1 Å². The number of halogens is 1. The van der Waals surface area contributed by atoms with Crippen LogP contribution in [0.5, 0.6) is 0 Å². The quantitative estimate of drug-likeness (QED) is 0.0993. The molecule has 1 atom stereocenters. The third-order valence-electron chi connectivity index (χ3n) is 6.55. The number of thioether (sulfide) groups is 1. The minimum absolute atomic E-state index is 0.0215. The minimum atomic E-state index is -0.684. The lowest BCUT2D eigenvalue weighted by Gasteiger charge is -2.15. The molecule has 1 unspecified atom stereocenters. The van der Waals surface area contributed by atoms with Gasteiger partial charge in [-0.05, 0) is 66.2 Å². The number of amides is 4. The number of carbonyl (C=O) groups excluding carboxylic acids is 4. The molecule has 4 aromatic rings. The lowest BCUT2D eigenvalue weighted by atomic mass is 10.1. The van der Waals surface area contributed by atoms with Gasteiger partial charge in [0, 0.05) is 39.7 Å². The predicted octanol–water partition coefficient (Wildman–Crippen LogP) is 6.08. The van der Waals surface area contributed by atoms with Crippen molar-refractivity contribution in [3.8, 4) is 0 Å². The first kappa shape index (κ1) is 30.2. The number of carbonyl (C=O) groups is 4. The Kier molecular flexibility index (Phi) is 9.17. The van der Waals surface area contributed by atoms with E-state index in [0.717, 1.165) is 4.90 Å². The normalized spacial score (nSPS) is 14.8. The topological polar surface area (TPSA) is 139 Å². The summed E-state index contributed by atoms with van der Waals surface area (Å²) in [5.41, 5.74) is 1.45. The minimum Gasteiger partial charge on any atom is -0.321 e. The van der Waals surface area contributed by atoms with Crippen molar-refractivity contribution >= 4 is 70.1 Å². The molecule has 44 heavy (non-hydrogen) atoms. The monoisotopic (exact) mass is 626 g/mol. The molecule has 1 saturated heterocycles. The largest absolute Gasteiger partial charge is 0.321 e. The summed E-state index contributed by atoms with van der Waals surface area (Å²) in [4.78, 5) is 63.9. The molecule has 1 aliphatic heterocycles. The Morgan fingerprint density at radius 3 is 2.23 bits per heavy atom. The Morgan fingerprint density at radius 2 is 1.57 bits per heavy atom. The molecule has 5 rings (SSSR count). The second-order valence-electron chi connectivity index (χ2n) is 9.53. The van der Waals surface area contributed by atoms with Crippen molar-refractivity contribution in [1.29, 1.82) is 0 Å². The predicted molar refractivity (Wildman–Crippen MR) is 168 cm³/mol. The van der Waals surface area contributed by atoms with Gasteiger partial charge in [0.25, 0.3) is 17.5 Å². The molecule has 1 aliphatic rings. The van der Waals surface area contributed by atoms with Crippen LogP contribution in [0.4, 0.5) is 17.1 Å². The van der Waals surface area contributed by atoms with E-state index in [9.17, 15) is 29.3 Å². The molecular weight excluding hydrogens is 604 g/mol. The summed E-state index contributed by atoms with van der Waals surface area (Å²) in [5.74, 6) is -1.87. The summed E-state index contributed by atoms with van der Waals surface area (Å²) in [7, 11) is 0. The fourth-order valence-corrected chi connectivity index (χ4v) is 5.60. The van der Waals surface area contributed by atoms with Crippen molar-refractivity contribution in [2.24, 2.45) is 0 Å². The molecule has 220 valence electrons. The van der Waals surface area contributed by atoms with Crippen LogP contribution in [0.3, 0.4) is 0 Å². The van der Waals surface area contributed by atoms with Gasteiger partial charge in [0.05, 0.1) is 15.9 Å². The van der Waals surface area contributed by atoms with Gasteiger partial charge in [-0.25, -0.2) is 4.90 Å². The number of hydrogen-bond donors (Lipinski definition) is 2. The van der Waals surface area contributed by atoms with Gasteiger partial charge in [-0.2, -0.15) is 0 Å². The van der Waals surface area contributed by atoms with Crippen LogP contribution < -0.4 is 15.5 Å². The summed E-state index contributed by atoms with van der Waals surface area (Å²) in [5, 5.41) is 16.1. The number of nitrogens with zero attached hydrogens (tertiary/aromatic N) is 2. The van der Waals surface area contributed by atoms with Gasteiger partial charge in [-0.3, -0.25) is 29.3 Å². The Balaban J connectivity index is 1.27. The number of hydrogen-bond acceptors (Lipinski definition) is 7. The molecule has 1 heterocycles. The molecular formula is C32H23ClN4O6S. The van der Waals surface area contributed by atoms with Crippen LogP contribution in [0, 0.1) is 10.1 Å². The van der Waals surface area contributed by atoms with Crippen molar-refractivity contribution in [2.75, 3.05) is 10.2 Å². The molecule has 0 bridgehead atoms. The Hall–Kier alpha value is -5.26. The van der Waals surface area contributed by atoms with Gasteiger partial charge >= 0.3 is 0 Å². The van der Waals surface area contributed by atoms with Crippen molar-refractivity contribution in [2.45, 2.75) is 16.6 Å². The first-order chi connectivity index (χ1) is 21.2. The number of anilines is 2. The lowest BCUT2D eigenvalue weighted by Crippen LogP contribution is -2.31. The molecule has 4 amide bonds. The number of rotatable bonds is 9. The smallest absolute Gasteiger partial charge is 0.272 e. The van der Waals surface area contributed by atoms with E-state index in [2.05, 4.69) is 10.6 Å². The molecule has 0 aliphatic carbocycles. The van der Waals surface area contributed by atoms with Gasteiger partial charge in [-0.15, -0.1) is 11.8 Å². The first-order valence-electron chi connectivity index (χ1n) is 13.2. The fraction of sp³-hybridized carbons (Fsp3) is 0.0625. The van der Waals surface area contributed by atoms with Crippen molar-refractivity contribution < 1.29 is 24.1 Å². The maximum atomic E-state index is 13.3. The Bertz CT molecular complexity index is 1780. The van der Waals surface area contributed by atoms with E-state index in [1.54, 1.807) is 78.9 Å². The molecule has 2 N–H and O–H groups in total. The van der Waals surface area contributed by atoms with Gasteiger partial charge in [0.15, 0.2) is 0 Å². The number of imide groups is 1. The second-order valence-corrected chi connectivity index (χ2v) is 11.2. The van der Waals surface area contributed by atoms with E-state index in [-0.39, 0.29) is 23.5 Å². The molecule has 0 saturated carbocycles. The molecule has 4 aromatic carbocycles. The van der Waals surface area contributed by atoms with Crippen LogP contribution in [-0.2, 0) is 14.4 Å². The first-order valence-corrected chi connectivity index (χ1v) is 14.5. The number of benzene rings is 4. The molecule has 12 heteroatoms. The second kappa shape index (κ2) is 13.4. The van der Waals surface area contributed by atoms with Gasteiger partial charge < -0.3 is 10.6 Å². The molecule has 0 spiro atoms. The zero-order valence-electron chi connectivity index (χ0n) is 22.8. The molecule has 1 fully saturated rings. The number of nitro groups is 1. The van der Waals surface area contributed by atoms with Crippen LogP contribution in [0.25, 0.3) is 6.08 Å². The zero-order valence-corrected chi connectivity index (χ0v) is 24.4. The van der Waals surface area contributed by atoms with E-state index in [0.29, 0.717) is 26.7 Å². The third kappa shape index (κ3) is 7.02. The highest BCUT2D eigenvalue weighted by molar-refractivity contribution is 8.00. The van der Waals surface area contributed by atoms with E-state index in [4.69, 9.17) is 11.6 Å². The molecule has 0 aromatic heterocycles. The average Bonchev–Trinajstić information content (AvgIpc) is 3.30.